The molecule has 1 aliphatic rings. The number of ether oxygens (including phenoxy) is 1. The standard InChI is InChI=1S/C14H16F2O2/c1-18-14(8-3-2-4-9-14)13(17)10-6-5-7-11(15)12(10)16/h5-7H,2-4,8-9H2,1H3. The van der Waals surface area contributed by atoms with Crippen molar-refractivity contribution >= 4 is 5.78 Å². The van der Waals surface area contributed by atoms with E-state index in [-0.39, 0.29) is 5.56 Å². The van der Waals surface area contributed by atoms with Crippen LogP contribution >= 0.6 is 0 Å². The lowest BCUT2D eigenvalue weighted by Gasteiger charge is -2.34. The Morgan fingerprint density at radius 1 is 1.22 bits per heavy atom. The number of ketones is 1. The van der Waals surface area contributed by atoms with Gasteiger partial charge in [0.1, 0.15) is 5.60 Å². The SMILES string of the molecule is COC1(C(=O)c2cccc(F)c2F)CCCCC1. The monoisotopic (exact) mass is 254 g/mol. The highest BCUT2D eigenvalue weighted by molar-refractivity contribution is 6.02. The van der Waals surface area contributed by atoms with Crippen LogP contribution in [0.1, 0.15) is 42.5 Å². The van der Waals surface area contributed by atoms with Crippen molar-refractivity contribution in [2.45, 2.75) is 37.7 Å². The zero-order valence-corrected chi connectivity index (χ0v) is 10.3. The molecule has 1 saturated carbocycles. The molecule has 0 heterocycles. The number of Topliss-reactive ketones (excluding diaryl/α,β-unsaturated/α-hetero) is 1. The molecule has 0 aliphatic heterocycles. The molecule has 1 fully saturated rings. The summed E-state index contributed by atoms with van der Waals surface area (Å²) in [6.45, 7) is 0. The van der Waals surface area contributed by atoms with Crippen molar-refractivity contribution in [3.05, 3.63) is 35.4 Å². The lowest BCUT2D eigenvalue weighted by atomic mass is 9.79. The molecule has 2 rings (SSSR count). The largest absolute Gasteiger partial charge is 0.370 e. The van der Waals surface area contributed by atoms with Crippen LogP contribution in [0.3, 0.4) is 0 Å². The zero-order chi connectivity index (χ0) is 13.2. The fourth-order valence-corrected chi connectivity index (χ4v) is 2.57. The lowest BCUT2D eigenvalue weighted by molar-refractivity contribution is -0.0197. The number of benzene rings is 1. The predicted octanol–water partition coefficient (Wildman–Crippen LogP) is 3.50. The second-order valence-corrected chi connectivity index (χ2v) is 4.69. The van der Waals surface area contributed by atoms with Gasteiger partial charge in [0.05, 0.1) is 5.56 Å². The van der Waals surface area contributed by atoms with Crippen molar-refractivity contribution in [2.75, 3.05) is 7.11 Å². The van der Waals surface area contributed by atoms with Gasteiger partial charge in [0.25, 0.3) is 0 Å². The van der Waals surface area contributed by atoms with Crippen LogP contribution in [0.4, 0.5) is 8.78 Å². The molecule has 0 amide bonds. The summed E-state index contributed by atoms with van der Waals surface area (Å²) < 4.78 is 32.2. The second kappa shape index (κ2) is 5.14. The van der Waals surface area contributed by atoms with Crippen LogP contribution in [0, 0.1) is 11.6 Å². The maximum Gasteiger partial charge on any atom is 0.197 e. The predicted molar refractivity (Wildman–Crippen MR) is 63.5 cm³/mol. The highest BCUT2D eigenvalue weighted by Gasteiger charge is 2.41. The van der Waals surface area contributed by atoms with Crippen molar-refractivity contribution in [1.82, 2.24) is 0 Å². The quantitative estimate of drug-likeness (QED) is 0.772. The summed E-state index contributed by atoms with van der Waals surface area (Å²) in [6.07, 6.45) is 3.92. The Morgan fingerprint density at radius 2 is 1.89 bits per heavy atom. The van der Waals surface area contributed by atoms with Gasteiger partial charge in [-0.25, -0.2) is 8.78 Å². The molecule has 0 aromatic heterocycles. The Hall–Kier alpha value is -1.29. The summed E-state index contributed by atoms with van der Waals surface area (Å²) in [5, 5.41) is 0. The van der Waals surface area contributed by atoms with Gasteiger partial charge in [-0.2, -0.15) is 0 Å². The van der Waals surface area contributed by atoms with Crippen molar-refractivity contribution in [1.29, 1.82) is 0 Å². The van der Waals surface area contributed by atoms with E-state index in [0.717, 1.165) is 25.3 Å². The fraction of sp³-hybridized carbons (Fsp3) is 0.500. The van der Waals surface area contributed by atoms with Crippen LogP contribution in [-0.4, -0.2) is 18.5 Å². The Balaban J connectivity index is 2.37. The molecule has 0 radical (unpaired) electrons. The molecule has 0 saturated heterocycles. The van der Waals surface area contributed by atoms with Crippen LogP contribution in [0.5, 0.6) is 0 Å². The van der Waals surface area contributed by atoms with Gasteiger partial charge in [-0.3, -0.25) is 4.79 Å². The summed E-state index contributed by atoms with van der Waals surface area (Å²) in [5.74, 6) is -2.52. The van der Waals surface area contributed by atoms with E-state index >= 15 is 0 Å². The minimum absolute atomic E-state index is 0.209. The molecule has 2 nitrogen and oxygen atoms in total. The van der Waals surface area contributed by atoms with E-state index in [0.29, 0.717) is 12.8 Å². The van der Waals surface area contributed by atoms with Crippen molar-refractivity contribution in [3.63, 3.8) is 0 Å². The Labute approximate surface area is 105 Å². The van der Waals surface area contributed by atoms with Crippen LogP contribution in [-0.2, 0) is 4.74 Å². The van der Waals surface area contributed by atoms with Gasteiger partial charge >= 0.3 is 0 Å². The van der Waals surface area contributed by atoms with Gasteiger partial charge in [-0.15, -0.1) is 0 Å². The van der Waals surface area contributed by atoms with E-state index in [1.807, 2.05) is 0 Å². The van der Waals surface area contributed by atoms with Gasteiger partial charge in [-0.05, 0) is 25.0 Å². The summed E-state index contributed by atoms with van der Waals surface area (Å²) in [6, 6.07) is 3.67. The summed E-state index contributed by atoms with van der Waals surface area (Å²) >= 11 is 0. The molecule has 0 bridgehead atoms. The molecule has 0 unspecified atom stereocenters. The molecule has 98 valence electrons. The average molecular weight is 254 g/mol. The van der Waals surface area contributed by atoms with Crippen LogP contribution < -0.4 is 0 Å². The smallest absolute Gasteiger partial charge is 0.197 e. The highest BCUT2D eigenvalue weighted by atomic mass is 19.2. The third kappa shape index (κ3) is 2.17. The molecule has 0 N–H and O–H groups in total. The first-order valence-corrected chi connectivity index (χ1v) is 6.15. The fourth-order valence-electron chi connectivity index (χ4n) is 2.57. The van der Waals surface area contributed by atoms with Gasteiger partial charge < -0.3 is 4.74 Å². The lowest BCUT2D eigenvalue weighted by Crippen LogP contribution is -2.43. The minimum Gasteiger partial charge on any atom is -0.370 e. The Kier molecular flexibility index (Phi) is 3.76. The number of carbonyl (C=O) groups excluding carboxylic acids is 1. The van der Waals surface area contributed by atoms with Crippen molar-refractivity contribution in [2.24, 2.45) is 0 Å². The van der Waals surface area contributed by atoms with Gasteiger partial charge in [-0.1, -0.05) is 25.3 Å². The number of methoxy groups -OCH3 is 1. The highest BCUT2D eigenvalue weighted by Crippen LogP contribution is 2.34. The number of halogens is 2. The second-order valence-electron chi connectivity index (χ2n) is 4.69. The third-order valence-electron chi connectivity index (χ3n) is 3.66. The van der Waals surface area contributed by atoms with Crippen molar-refractivity contribution in [3.8, 4) is 0 Å². The molecule has 18 heavy (non-hydrogen) atoms. The van der Waals surface area contributed by atoms with Crippen LogP contribution in [0.25, 0.3) is 0 Å². The first-order chi connectivity index (χ1) is 8.60. The molecule has 0 spiro atoms. The third-order valence-corrected chi connectivity index (χ3v) is 3.66. The minimum atomic E-state index is -1.08. The van der Waals surface area contributed by atoms with Crippen molar-refractivity contribution < 1.29 is 18.3 Å². The molecule has 1 aliphatic carbocycles. The number of hydrogen-bond acceptors (Lipinski definition) is 2. The molecule has 0 atom stereocenters. The summed E-state index contributed by atoms with van der Waals surface area (Å²) in [7, 11) is 1.46. The van der Waals surface area contributed by atoms with E-state index in [4.69, 9.17) is 4.74 Å². The number of hydrogen-bond donors (Lipinski definition) is 0. The van der Waals surface area contributed by atoms with Gasteiger partial charge in [0.2, 0.25) is 0 Å². The Bertz CT molecular complexity index is 451. The molecule has 1 aromatic carbocycles. The van der Waals surface area contributed by atoms with E-state index in [1.54, 1.807) is 0 Å². The zero-order valence-electron chi connectivity index (χ0n) is 10.3. The summed E-state index contributed by atoms with van der Waals surface area (Å²) in [4.78, 5) is 12.4. The van der Waals surface area contributed by atoms with Gasteiger partial charge in [0.15, 0.2) is 17.4 Å². The number of carbonyl (C=O) groups is 1. The van der Waals surface area contributed by atoms with E-state index < -0.39 is 23.0 Å². The maximum absolute atomic E-state index is 13.7. The molecular formula is C14H16F2O2. The maximum atomic E-state index is 13.7. The number of rotatable bonds is 3. The van der Waals surface area contributed by atoms with Gasteiger partial charge in [0, 0.05) is 7.11 Å². The van der Waals surface area contributed by atoms with Crippen LogP contribution in [0.15, 0.2) is 18.2 Å². The van der Waals surface area contributed by atoms with Crippen LogP contribution in [0.2, 0.25) is 0 Å². The average Bonchev–Trinajstić information content (AvgIpc) is 2.42. The molecule has 4 heteroatoms. The van der Waals surface area contributed by atoms with E-state index in [1.165, 1.54) is 19.2 Å². The summed E-state index contributed by atoms with van der Waals surface area (Å²) in [5.41, 5.74) is -1.19. The molecule has 1 aromatic rings. The van der Waals surface area contributed by atoms with E-state index in [9.17, 15) is 13.6 Å². The Morgan fingerprint density at radius 3 is 2.50 bits per heavy atom. The topological polar surface area (TPSA) is 26.3 Å². The van der Waals surface area contributed by atoms with E-state index in [2.05, 4.69) is 0 Å². The first kappa shape index (κ1) is 13.1. The molecular weight excluding hydrogens is 238 g/mol. The first-order valence-electron chi connectivity index (χ1n) is 6.15. The normalized spacial score (nSPS) is 18.6.